The van der Waals surface area contributed by atoms with Crippen molar-refractivity contribution in [3.63, 3.8) is 0 Å². The molecule has 1 amide bonds. The smallest absolute Gasteiger partial charge is 0.287 e. The fourth-order valence-electron chi connectivity index (χ4n) is 3.54. The highest BCUT2D eigenvalue weighted by atomic mass is 19.1. The van der Waals surface area contributed by atoms with Crippen LogP contribution in [0.1, 0.15) is 60.3 Å². The standard InChI is InChI=1S/C23H21F2N3O3/c1-23(2,30)11-10-15-7-9-21(31-15)22(29)27-18-4-3-5-19-16(18)13-26-28(19)20-8-6-14(24)12-17(20)25/h6-9,12-13,18,30H,3-5H2,1-2H3,(H,27,29). The van der Waals surface area contributed by atoms with Gasteiger partial charge in [0.1, 0.15) is 17.1 Å². The van der Waals surface area contributed by atoms with Crippen LogP contribution in [0.2, 0.25) is 0 Å². The van der Waals surface area contributed by atoms with Gasteiger partial charge in [0.05, 0.1) is 12.2 Å². The molecule has 31 heavy (non-hydrogen) atoms. The van der Waals surface area contributed by atoms with E-state index in [2.05, 4.69) is 22.3 Å². The zero-order valence-electron chi connectivity index (χ0n) is 17.1. The molecule has 0 bridgehead atoms. The summed E-state index contributed by atoms with van der Waals surface area (Å²) in [6.07, 6.45) is 3.73. The van der Waals surface area contributed by atoms with Gasteiger partial charge in [-0.05, 0) is 63.3 Å². The molecule has 3 aromatic rings. The number of carbonyl (C=O) groups excluding carboxylic acids is 1. The van der Waals surface area contributed by atoms with E-state index >= 15 is 0 Å². The zero-order chi connectivity index (χ0) is 22.2. The summed E-state index contributed by atoms with van der Waals surface area (Å²) in [7, 11) is 0. The molecule has 2 N–H and O–H groups in total. The fourth-order valence-corrected chi connectivity index (χ4v) is 3.54. The molecule has 0 radical (unpaired) electrons. The second kappa shape index (κ2) is 8.00. The number of aliphatic hydroxyl groups is 1. The minimum absolute atomic E-state index is 0.101. The number of hydrogen-bond acceptors (Lipinski definition) is 4. The van der Waals surface area contributed by atoms with Gasteiger partial charge in [0.15, 0.2) is 17.3 Å². The lowest BCUT2D eigenvalue weighted by molar-refractivity contribution is 0.0904. The fraction of sp³-hybridized carbons (Fsp3) is 0.304. The lowest BCUT2D eigenvalue weighted by Crippen LogP contribution is -2.30. The summed E-state index contributed by atoms with van der Waals surface area (Å²) in [4.78, 5) is 12.7. The molecule has 6 nitrogen and oxygen atoms in total. The number of benzene rings is 1. The lowest BCUT2D eigenvalue weighted by atomic mass is 9.92. The van der Waals surface area contributed by atoms with Gasteiger partial charge in [-0.1, -0.05) is 5.92 Å². The van der Waals surface area contributed by atoms with Crippen LogP contribution in [0.25, 0.3) is 5.69 Å². The van der Waals surface area contributed by atoms with Gasteiger partial charge in [-0.3, -0.25) is 4.79 Å². The van der Waals surface area contributed by atoms with Crippen molar-refractivity contribution >= 4 is 5.91 Å². The van der Waals surface area contributed by atoms with E-state index in [9.17, 15) is 18.7 Å². The summed E-state index contributed by atoms with van der Waals surface area (Å²) in [5.41, 5.74) is 0.559. The SMILES string of the molecule is CC(C)(O)C#Cc1ccc(C(=O)NC2CCCc3c2cnn3-c2ccc(F)cc2F)o1. The Morgan fingerprint density at radius 2 is 2.13 bits per heavy atom. The Hall–Kier alpha value is -3.44. The Labute approximate surface area is 177 Å². The van der Waals surface area contributed by atoms with Crippen LogP contribution < -0.4 is 5.32 Å². The van der Waals surface area contributed by atoms with Crippen LogP contribution >= 0.6 is 0 Å². The van der Waals surface area contributed by atoms with Gasteiger partial charge >= 0.3 is 0 Å². The van der Waals surface area contributed by atoms with E-state index in [0.29, 0.717) is 12.8 Å². The first-order chi connectivity index (χ1) is 14.7. The Morgan fingerprint density at radius 3 is 2.87 bits per heavy atom. The van der Waals surface area contributed by atoms with E-state index in [4.69, 9.17) is 4.42 Å². The Balaban J connectivity index is 1.54. The molecule has 1 aliphatic carbocycles. The predicted octanol–water partition coefficient (Wildman–Crippen LogP) is 3.67. The summed E-state index contributed by atoms with van der Waals surface area (Å²) in [6.45, 7) is 3.10. The maximum atomic E-state index is 14.2. The van der Waals surface area contributed by atoms with Crippen LogP contribution in [0.15, 0.2) is 40.9 Å². The molecule has 1 aliphatic rings. The molecule has 2 heterocycles. The van der Waals surface area contributed by atoms with Crippen molar-refractivity contribution in [2.75, 3.05) is 0 Å². The number of furan rings is 1. The Morgan fingerprint density at radius 1 is 1.32 bits per heavy atom. The first-order valence-corrected chi connectivity index (χ1v) is 9.90. The van der Waals surface area contributed by atoms with Crippen molar-refractivity contribution in [2.45, 2.75) is 44.8 Å². The minimum Gasteiger partial charge on any atom is -0.443 e. The second-order valence-corrected chi connectivity index (χ2v) is 7.95. The Bertz CT molecular complexity index is 1190. The van der Waals surface area contributed by atoms with Gasteiger partial charge in [0, 0.05) is 17.3 Å². The third-order valence-corrected chi connectivity index (χ3v) is 4.95. The molecular weight excluding hydrogens is 404 g/mol. The van der Waals surface area contributed by atoms with Crippen molar-refractivity contribution in [3.8, 4) is 17.5 Å². The van der Waals surface area contributed by atoms with E-state index < -0.39 is 23.1 Å². The van der Waals surface area contributed by atoms with Gasteiger partial charge in [-0.25, -0.2) is 13.5 Å². The molecule has 0 aliphatic heterocycles. The number of rotatable bonds is 3. The zero-order valence-corrected chi connectivity index (χ0v) is 17.1. The number of nitrogens with zero attached hydrogens (tertiary/aromatic N) is 2. The normalized spacial score (nSPS) is 15.7. The number of fused-ring (bicyclic) bond motifs is 1. The topological polar surface area (TPSA) is 80.3 Å². The highest BCUT2D eigenvalue weighted by molar-refractivity contribution is 5.91. The van der Waals surface area contributed by atoms with Gasteiger partial charge < -0.3 is 14.8 Å². The molecular formula is C23H21F2N3O3. The van der Waals surface area contributed by atoms with Crippen molar-refractivity contribution in [2.24, 2.45) is 0 Å². The number of halogens is 2. The summed E-state index contributed by atoms with van der Waals surface area (Å²) >= 11 is 0. The van der Waals surface area contributed by atoms with Gasteiger partial charge in [-0.2, -0.15) is 5.10 Å². The molecule has 0 fully saturated rings. The quantitative estimate of drug-likeness (QED) is 0.628. The highest BCUT2D eigenvalue weighted by Gasteiger charge is 2.28. The third kappa shape index (κ3) is 4.52. The largest absolute Gasteiger partial charge is 0.443 e. The lowest BCUT2D eigenvalue weighted by Gasteiger charge is -2.24. The van der Waals surface area contributed by atoms with E-state index in [1.165, 1.54) is 22.9 Å². The number of carbonyl (C=O) groups is 1. The van der Waals surface area contributed by atoms with Gasteiger partial charge in [-0.15, -0.1) is 0 Å². The van der Waals surface area contributed by atoms with E-state index in [1.807, 2.05) is 0 Å². The van der Waals surface area contributed by atoms with Crippen LogP contribution in [0.5, 0.6) is 0 Å². The van der Waals surface area contributed by atoms with Crippen molar-refractivity contribution in [3.05, 3.63) is 70.9 Å². The summed E-state index contributed by atoms with van der Waals surface area (Å²) in [5, 5.41) is 16.9. The van der Waals surface area contributed by atoms with E-state index in [0.717, 1.165) is 23.7 Å². The first-order valence-electron chi connectivity index (χ1n) is 9.90. The Kier molecular flexibility index (Phi) is 5.38. The van der Waals surface area contributed by atoms with E-state index in [1.54, 1.807) is 26.1 Å². The molecule has 2 aromatic heterocycles. The van der Waals surface area contributed by atoms with Crippen LogP contribution in [0.3, 0.4) is 0 Å². The molecule has 0 saturated heterocycles. The average Bonchev–Trinajstić information content (AvgIpc) is 3.34. The van der Waals surface area contributed by atoms with Crippen LogP contribution in [0, 0.1) is 23.5 Å². The molecule has 1 unspecified atom stereocenters. The molecule has 1 aromatic carbocycles. The van der Waals surface area contributed by atoms with Crippen molar-refractivity contribution in [1.82, 2.24) is 15.1 Å². The number of amides is 1. The van der Waals surface area contributed by atoms with Crippen molar-refractivity contribution in [1.29, 1.82) is 0 Å². The molecule has 0 spiro atoms. The highest BCUT2D eigenvalue weighted by Crippen LogP contribution is 2.32. The number of aromatic nitrogens is 2. The van der Waals surface area contributed by atoms with Crippen LogP contribution in [-0.2, 0) is 6.42 Å². The minimum atomic E-state index is -1.17. The molecule has 8 heteroatoms. The molecule has 160 valence electrons. The second-order valence-electron chi connectivity index (χ2n) is 7.95. The van der Waals surface area contributed by atoms with Crippen LogP contribution in [-0.4, -0.2) is 26.4 Å². The third-order valence-electron chi connectivity index (χ3n) is 4.95. The van der Waals surface area contributed by atoms with Gasteiger partial charge in [0.25, 0.3) is 5.91 Å². The summed E-state index contributed by atoms with van der Waals surface area (Å²) in [6, 6.07) is 6.12. The number of nitrogens with one attached hydrogen (secondary N) is 1. The van der Waals surface area contributed by atoms with E-state index in [-0.39, 0.29) is 23.2 Å². The summed E-state index contributed by atoms with van der Waals surface area (Å²) in [5.74, 6) is 3.92. The molecule has 0 saturated carbocycles. The first kappa shape index (κ1) is 20.8. The monoisotopic (exact) mass is 425 g/mol. The average molecular weight is 425 g/mol. The van der Waals surface area contributed by atoms with Gasteiger partial charge in [0.2, 0.25) is 0 Å². The molecule has 1 atom stereocenters. The predicted molar refractivity (Wildman–Crippen MR) is 109 cm³/mol. The maximum absolute atomic E-state index is 14.2. The number of hydrogen-bond donors (Lipinski definition) is 2. The summed E-state index contributed by atoms with van der Waals surface area (Å²) < 4.78 is 34.4. The van der Waals surface area contributed by atoms with Crippen molar-refractivity contribution < 1.29 is 23.1 Å². The van der Waals surface area contributed by atoms with Crippen LogP contribution in [0.4, 0.5) is 8.78 Å². The molecule has 4 rings (SSSR count). The maximum Gasteiger partial charge on any atom is 0.287 e.